The van der Waals surface area contributed by atoms with Crippen LogP contribution in [0.4, 0.5) is 0 Å². The van der Waals surface area contributed by atoms with Crippen LogP contribution < -0.4 is 4.74 Å². The second-order valence-electron chi connectivity index (χ2n) is 4.14. The van der Waals surface area contributed by atoms with Crippen molar-refractivity contribution in [3.8, 4) is 5.75 Å². The molecule has 110 valence electrons. The Hall–Kier alpha value is -1.21. The van der Waals surface area contributed by atoms with Crippen LogP contribution in [0.25, 0.3) is 0 Å². The third kappa shape index (κ3) is 4.38. The molecule has 21 heavy (non-hydrogen) atoms. The van der Waals surface area contributed by atoms with Gasteiger partial charge in [-0.3, -0.25) is 0 Å². The number of carbonyl (C=O) groups excluding carboxylic acids is 1. The van der Waals surface area contributed by atoms with Gasteiger partial charge in [0.1, 0.15) is 11.3 Å². The first-order valence-electron chi connectivity index (χ1n) is 6.42. The molecule has 0 bridgehead atoms. The quantitative estimate of drug-likeness (QED) is 0.528. The molecule has 0 heterocycles. The standard InChI is InChI=1S/C16H15IO3S/c1-3-20-16(18)14-9-8-13(10-15(14)19-2)21-12-6-4-11(17)5-7-12/h4-10H,3H2,1-2H3. The minimum absolute atomic E-state index is 0.348. The Balaban J connectivity index is 2.22. The number of halogens is 1. The lowest BCUT2D eigenvalue weighted by molar-refractivity contribution is 0.0522. The highest BCUT2D eigenvalue weighted by Gasteiger charge is 2.14. The van der Waals surface area contributed by atoms with Crippen LogP contribution in [0.15, 0.2) is 52.3 Å². The van der Waals surface area contributed by atoms with Gasteiger partial charge >= 0.3 is 5.97 Å². The summed E-state index contributed by atoms with van der Waals surface area (Å²) in [6.07, 6.45) is 0. The van der Waals surface area contributed by atoms with Crippen molar-refractivity contribution in [2.45, 2.75) is 16.7 Å². The molecule has 0 spiro atoms. The maximum absolute atomic E-state index is 11.8. The van der Waals surface area contributed by atoms with E-state index in [-0.39, 0.29) is 5.97 Å². The maximum atomic E-state index is 11.8. The van der Waals surface area contributed by atoms with E-state index < -0.39 is 0 Å². The summed E-state index contributed by atoms with van der Waals surface area (Å²) in [6, 6.07) is 13.8. The van der Waals surface area contributed by atoms with E-state index in [4.69, 9.17) is 9.47 Å². The smallest absolute Gasteiger partial charge is 0.341 e. The van der Waals surface area contributed by atoms with Crippen LogP contribution in [0.3, 0.4) is 0 Å². The number of benzene rings is 2. The molecule has 0 amide bonds. The molecule has 0 atom stereocenters. The van der Waals surface area contributed by atoms with Gasteiger partial charge in [0, 0.05) is 13.4 Å². The van der Waals surface area contributed by atoms with E-state index in [1.165, 1.54) is 3.57 Å². The Morgan fingerprint density at radius 2 is 1.81 bits per heavy atom. The lowest BCUT2D eigenvalue weighted by Crippen LogP contribution is -2.06. The molecule has 2 rings (SSSR count). The van der Waals surface area contributed by atoms with Crippen molar-refractivity contribution in [3.05, 3.63) is 51.6 Å². The summed E-state index contributed by atoms with van der Waals surface area (Å²) in [7, 11) is 1.55. The van der Waals surface area contributed by atoms with E-state index in [0.29, 0.717) is 17.9 Å². The van der Waals surface area contributed by atoms with E-state index >= 15 is 0 Å². The zero-order valence-corrected chi connectivity index (χ0v) is 14.7. The SMILES string of the molecule is CCOC(=O)c1ccc(Sc2ccc(I)cc2)cc1OC. The van der Waals surface area contributed by atoms with Gasteiger partial charge in [-0.1, -0.05) is 11.8 Å². The van der Waals surface area contributed by atoms with Crippen LogP contribution in [0, 0.1) is 3.57 Å². The van der Waals surface area contributed by atoms with Crippen molar-refractivity contribution in [2.24, 2.45) is 0 Å². The molecule has 0 saturated heterocycles. The first-order chi connectivity index (χ1) is 10.1. The van der Waals surface area contributed by atoms with E-state index in [1.54, 1.807) is 31.9 Å². The number of methoxy groups -OCH3 is 1. The van der Waals surface area contributed by atoms with Gasteiger partial charge in [0.2, 0.25) is 0 Å². The predicted molar refractivity (Wildman–Crippen MR) is 92.2 cm³/mol. The minimum Gasteiger partial charge on any atom is -0.496 e. The summed E-state index contributed by atoms with van der Waals surface area (Å²) in [4.78, 5) is 14.0. The lowest BCUT2D eigenvalue weighted by Gasteiger charge is -2.10. The van der Waals surface area contributed by atoms with Crippen molar-refractivity contribution in [3.63, 3.8) is 0 Å². The fourth-order valence-corrected chi connectivity index (χ4v) is 2.96. The topological polar surface area (TPSA) is 35.5 Å². The molecule has 0 saturated carbocycles. The van der Waals surface area contributed by atoms with E-state index in [0.717, 1.165) is 9.79 Å². The van der Waals surface area contributed by atoms with Gasteiger partial charge in [-0.05, 0) is 72.0 Å². The fourth-order valence-electron chi connectivity index (χ4n) is 1.75. The third-order valence-corrected chi connectivity index (χ3v) is 4.43. The van der Waals surface area contributed by atoms with Gasteiger partial charge < -0.3 is 9.47 Å². The molecule has 2 aromatic rings. The maximum Gasteiger partial charge on any atom is 0.341 e. The normalized spacial score (nSPS) is 10.2. The third-order valence-electron chi connectivity index (χ3n) is 2.72. The number of hydrogen-bond acceptors (Lipinski definition) is 4. The molecule has 0 unspecified atom stereocenters. The second-order valence-corrected chi connectivity index (χ2v) is 6.53. The summed E-state index contributed by atoms with van der Waals surface area (Å²) in [5.74, 6) is 0.170. The molecule has 0 aliphatic carbocycles. The van der Waals surface area contributed by atoms with Gasteiger partial charge in [-0.2, -0.15) is 0 Å². The van der Waals surface area contributed by atoms with Crippen molar-refractivity contribution >= 4 is 40.3 Å². The molecule has 5 heteroatoms. The molecule has 3 nitrogen and oxygen atoms in total. The number of esters is 1. The highest BCUT2D eigenvalue weighted by molar-refractivity contribution is 14.1. The fraction of sp³-hybridized carbons (Fsp3) is 0.188. The van der Waals surface area contributed by atoms with E-state index in [9.17, 15) is 4.79 Å². The zero-order chi connectivity index (χ0) is 15.2. The van der Waals surface area contributed by atoms with Gasteiger partial charge in [0.05, 0.1) is 13.7 Å². The van der Waals surface area contributed by atoms with Crippen molar-refractivity contribution in [1.82, 2.24) is 0 Å². The molecule has 0 aliphatic rings. The minimum atomic E-state index is -0.361. The van der Waals surface area contributed by atoms with Crippen LogP contribution in [-0.4, -0.2) is 19.7 Å². The number of carbonyl (C=O) groups is 1. The molecule has 0 N–H and O–H groups in total. The van der Waals surface area contributed by atoms with Crippen molar-refractivity contribution in [1.29, 1.82) is 0 Å². The number of hydrogen-bond donors (Lipinski definition) is 0. The van der Waals surface area contributed by atoms with Crippen LogP contribution in [0.1, 0.15) is 17.3 Å². The Bertz CT molecular complexity index is 626. The molecule has 0 radical (unpaired) electrons. The van der Waals surface area contributed by atoms with Gasteiger partial charge in [0.15, 0.2) is 0 Å². The number of ether oxygens (including phenoxy) is 2. The van der Waals surface area contributed by atoms with Gasteiger partial charge in [-0.25, -0.2) is 4.79 Å². The Labute approximate surface area is 142 Å². The lowest BCUT2D eigenvalue weighted by atomic mass is 10.2. The molecule has 0 aromatic heterocycles. The summed E-state index contributed by atoms with van der Waals surface area (Å²) in [6.45, 7) is 2.13. The van der Waals surface area contributed by atoms with E-state index in [2.05, 4.69) is 46.9 Å². The average Bonchev–Trinajstić information content (AvgIpc) is 2.49. The summed E-state index contributed by atoms with van der Waals surface area (Å²) in [5.41, 5.74) is 0.450. The average molecular weight is 414 g/mol. The molecule has 0 fully saturated rings. The van der Waals surface area contributed by atoms with Crippen molar-refractivity contribution in [2.75, 3.05) is 13.7 Å². The highest BCUT2D eigenvalue weighted by atomic mass is 127. The zero-order valence-electron chi connectivity index (χ0n) is 11.8. The van der Waals surface area contributed by atoms with Crippen LogP contribution in [0.5, 0.6) is 5.75 Å². The highest BCUT2D eigenvalue weighted by Crippen LogP contribution is 2.32. The summed E-state index contributed by atoms with van der Waals surface area (Å²) in [5, 5.41) is 0. The van der Waals surface area contributed by atoms with E-state index in [1.807, 2.05) is 12.1 Å². The molecule has 2 aromatic carbocycles. The predicted octanol–water partition coefficient (Wildman–Crippen LogP) is 4.63. The Morgan fingerprint density at radius 3 is 2.43 bits per heavy atom. The van der Waals surface area contributed by atoms with Gasteiger partial charge in [0.25, 0.3) is 0 Å². The van der Waals surface area contributed by atoms with Crippen LogP contribution in [-0.2, 0) is 4.74 Å². The summed E-state index contributed by atoms with van der Waals surface area (Å²) >= 11 is 3.90. The Kier molecular flexibility index (Phi) is 5.93. The van der Waals surface area contributed by atoms with Crippen LogP contribution >= 0.6 is 34.4 Å². The first kappa shape index (κ1) is 16.2. The summed E-state index contributed by atoms with van der Waals surface area (Å²) < 4.78 is 11.5. The van der Waals surface area contributed by atoms with Crippen molar-refractivity contribution < 1.29 is 14.3 Å². The second kappa shape index (κ2) is 7.70. The Morgan fingerprint density at radius 1 is 1.14 bits per heavy atom. The van der Waals surface area contributed by atoms with Gasteiger partial charge in [-0.15, -0.1) is 0 Å². The molecular formula is C16H15IO3S. The molecular weight excluding hydrogens is 399 g/mol. The first-order valence-corrected chi connectivity index (χ1v) is 8.32. The van der Waals surface area contributed by atoms with Crippen LogP contribution in [0.2, 0.25) is 0 Å². The monoisotopic (exact) mass is 414 g/mol. The largest absolute Gasteiger partial charge is 0.496 e. The number of rotatable bonds is 5. The molecule has 0 aliphatic heterocycles.